The number of halogens is 1. The number of rotatable bonds is 8. The SMILES string of the molecule is Cc1nn(C(C)C(=O)N/N=C/c2cccc(OCc3ccccc3F)c2)c(C)c1[N+](=O)[O-]. The van der Waals surface area contributed by atoms with Crippen LogP contribution in [0, 0.1) is 29.8 Å². The number of carbonyl (C=O) groups excluding carboxylic acids is 1. The van der Waals surface area contributed by atoms with Crippen molar-refractivity contribution in [2.45, 2.75) is 33.4 Å². The Morgan fingerprint density at radius 1 is 1.31 bits per heavy atom. The molecule has 9 nitrogen and oxygen atoms in total. The second-order valence-electron chi connectivity index (χ2n) is 7.08. The normalized spacial score (nSPS) is 12.0. The molecule has 1 atom stereocenters. The number of benzene rings is 2. The van der Waals surface area contributed by atoms with E-state index < -0.39 is 16.9 Å². The minimum Gasteiger partial charge on any atom is -0.489 e. The number of carbonyl (C=O) groups is 1. The van der Waals surface area contributed by atoms with Crippen LogP contribution in [0.5, 0.6) is 5.75 Å². The maximum atomic E-state index is 13.7. The number of amides is 1. The second kappa shape index (κ2) is 9.82. The van der Waals surface area contributed by atoms with Crippen molar-refractivity contribution >= 4 is 17.8 Å². The topological polar surface area (TPSA) is 112 Å². The minimum absolute atomic E-state index is 0.0797. The van der Waals surface area contributed by atoms with Crippen LogP contribution in [0.15, 0.2) is 53.6 Å². The monoisotopic (exact) mass is 439 g/mol. The number of aromatic nitrogens is 2. The number of aryl methyl sites for hydroxylation is 1. The van der Waals surface area contributed by atoms with Gasteiger partial charge in [0.2, 0.25) is 0 Å². The van der Waals surface area contributed by atoms with E-state index in [4.69, 9.17) is 4.74 Å². The molecule has 0 saturated heterocycles. The summed E-state index contributed by atoms with van der Waals surface area (Å²) in [4.78, 5) is 23.1. The van der Waals surface area contributed by atoms with Gasteiger partial charge >= 0.3 is 5.69 Å². The molecule has 0 fully saturated rings. The van der Waals surface area contributed by atoms with Crippen LogP contribution in [0.2, 0.25) is 0 Å². The third-order valence-corrected chi connectivity index (χ3v) is 4.81. The molecule has 0 aliphatic heterocycles. The van der Waals surface area contributed by atoms with E-state index in [1.165, 1.54) is 30.8 Å². The van der Waals surface area contributed by atoms with Crippen LogP contribution in [0.25, 0.3) is 0 Å². The van der Waals surface area contributed by atoms with Gasteiger partial charge in [-0.25, -0.2) is 9.82 Å². The van der Waals surface area contributed by atoms with E-state index in [9.17, 15) is 19.3 Å². The summed E-state index contributed by atoms with van der Waals surface area (Å²) in [5, 5.41) is 19.2. The molecule has 10 heteroatoms. The molecule has 32 heavy (non-hydrogen) atoms. The summed E-state index contributed by atoms with van der Waals surface area (Å²) in [6.07, 6.45) is 1.43. The Kier molecular flexibility index (Phi) is 6.93. The number of hydrogen-bond acceptors (Lipinski definition) is 6. The van der Waals surface area contributed by atoms with Gasteiger partial charge in [-0.2, -0.15) is 10.2 Å². The molecule has 0 spiro atoms. The van der Waals surface area contributed by atoms with E-state index in [-0.39, 0.29) is 23.8 Å². The summed E-state index contributed by atoms with van der Waals surface area (Å²) in [6.45, 7) is 4.71. The van der Waals surface area contributed by atoms with Crippen LogP contribution >= 0.6 is 0 Å². The van der Waals surface area contributed by atoms with Gasteiger partial charge in [-0.1, -0.05) is 30.3 Å². The summed E-state index contributed by atoms with van der Waals surface area (Å²) in [5.74, 6) is -0.296. The lowest BCUT2D eigenvalue weighted by Crippen LogP contribution is -2.28. The summed E-state index contributed by atoms with van der Waals surface area (Å²) in [7, 11) is 0. The molecule has 3 aromatic rings. The van der Waals surface area contributed by atoms with E-state index in [1.54, 1.807) is 49.4 Å². The average Bonchev–Trinajstić information content (AvgIpc) is 3.06. The zero-order valence-corrected chi connectivity index (χ0v) is 17.8. The number of ether oxygens (including phenoxy) is 1. The number of nitrogens with zero attached hydrogens (tertiary/aromatic N) is 4. The summed E-state index contributed by atoms with van der Waals surface area (Å²) in [5.41, 5.74) is 3.93. The maximum Gasteiger partial charge on any atom is 0.312 e. The lowest BCUT2D eigenvalue weighted by molar-refractivity contribution is -0.386. The summed E-state index contributed by atoms with van der Waals surface area (Å²) in [6, 6.07) is 12.5. The van der Waals surface area contributed by atoms with Crippen molar-refractivity contribution in [3.63, 3.8) is 0 Å². The standard InChI is InChI=1S/C22H22FN5O4/c1-14-21(28(30)31)15(2)27(26-14)16(3)22(29)25-24-12-17-7-6-9-19(11-17)32-13-18-8-4-5-10-20(18)23/h4-12,16H,13H2,1-3H3,(H,25,29)/b24-12+. The highest BCUT2D eigenvalue weighted by Crippen LogP contribution is 2.24. The third kappa shape index (κ3) is 5.15. The Morgan fingerprint density at radius 2 is 2.06 bits per heavy atom. The molecule has 1 unspecified atom stereocenters. The number of nitrogens with one attached hydrogen (secondary N) is 1. The molecule has 0 radical (unpaired) electrons. The third-order valence-electron chi connectivity index (χ3n) is 4.81. The molecular formula is C22H22FN5O4. The van der Waals surface area contributed by atoms with Gasteiger partial charge in [-0.05, 0) is 44.5 Å². The van der Waals surface area contributed by atoms with Crippen LogP contribution in [-0.4, -0.2) is 26.8 Å². The first kappa shape index (κ1) is 22.6. The Balaban J connectivity index is 1.61. The van der Waals surface area contributed by atoms with Gasteiger partial charge in [0.1, 0.15) is 35.6 Å². The van der Waals surface area contributed by atoms with Gasteiger partial charge in [0.25, 0.3) is 5.91 Å². The average molecular weight is 439 g/mol. The predicted molar refractivity (Wildman–Crippen MR) is 116 cm³/mol. The lowest BCUT2D eigenvalue weighted by atomic mass is 10.2. The fraction of sp³-hybridized carbons (Fsp3) is 0.227. The molecule has 0 bridgehead atoms. The van der Waals surface area contributed by atoms with E-state index >= 15 is 0 Å². The van der Waals surface area contributed by atoms with Crippen molar-refractivity contribution in [2.24, 2.45) is 5.10 Å². The number of hydrazone groups is 1. The van der Waals surface area contributed by atoms with Crippen LogP contribution < -0.4 is 10.2 Å². The van der Waals surface area contributed by atoms with Crippen molar-refractivity contribution in [3.05, 3.63) is 87.0 Å². The Hall–Kier alpha value is -4.08. The van der Waals surface area contributed by atoms with Gasteiger partial charge < -0.3 is 4.74 Å². The van der Waals surface area contributed by atoms with Crippen LogP contribution in [0.1, 0.15) is 35.5 Å². The molecule has 0 aliphatic carbocycles. The zero-order chi connectivity index (χ0) is 23.3. The second-order valence-corrected chi connectivity index (χ2v) is 7.08. The molecule has 1 amide bonds. The van der Waals surface area contributed by atoms with Gasteiger partial charge in [0.15, 0.2) is 0 Å². The quantitative estimate of drug-likeness (QED) is 0.326. The zero-order valence-electron chi connectivity index (χ0n) is 17.8. The first-order valence-electron chi connectivity index (χ1n) is 9.77. The maximum absolute atomic E-state index is 13.7. The number of nitro groups is 1. The van der Waals surface area contributed by atoms with Crippen LogP contribution in [0.3, 0.4) is 0 Å². The fourth-order valence-electron chi connectivity index (χ4n) is 3.13. The Labute approximate surface area is 183 Å². The van der Waals surface area contributed by atoms with Crippen molar-refractivity contribution in [2.75, 3.05) is 0 Å². The molecule has 1 heterocycles. The summed E-state index contributed by atoms with van der Waals surface area (Å²) < 4.78 is 20.6. The first-order chi connectivity index (χ1) is 15.3. The van der Waals surface area contributed by atoms with Crippen molar-refractivity contribution in [1.82, 2.24) is 15.2 Å². The van der Waals surface area contributed by atoms with Gasteiger partial charge in [-0.3, -0.25) is 19.6 Å². The van der Waals surface area contributed by atoms with Crippen LogP contribution in [-0.2, 0) is 11.4 Å². The first-order valence-corrected chi connectivity index (χ1v) is 9.77. The Bertz CT molecular complexity index is 1170. The van der Waals surface area contributed by atoms with Gasteiger partial charge in [0.05, 0.1) is 11.1 Å². The fourth-order valence-corrected chi connectivity index (χ4v) is 3.13. The molecule has 0 aliphatic rings. The van der Waals surface area contributed by atoms with E-state index in [2.05, 4.69) is 15.6 Å². The van der Waals surface area contributed by atoms with Crippen molar-refractivity contribution in [1.29, 1.82) is 0 Å². The minimum atomic E-state index is -0.796. The predicted octanol–water partition coefficient (Wildman–Crippen LogP) is 3.84. The molecule has 1 N–H and O–H groups in total. The smallest absolute Gasteiger partial charge is 0.312 e. The summed E-state index contributed by atoms with van der Waals surface area (Å²) >= 11 is 0. The highest BCUT2D eigenvalue weighted by atomic mass is 19.1. The van der Waals surface area contributed by atoms with Gasteiger partial charge in [0, 0.05) is 5.56 Å². The number of hydrogen-bond donors (Lipinski definition) is 1. The largest absolute Gasteiger partial charge is 0.489 e. The lowest BCUT2D eigenvalue weighted by Gasteiger charge is -2.11. The molecule has 1 aromatic heterocycles. The Morgan fingerprint density at radius 3 is 2.75 bits per heavy atom. The molecular weight excluding hydrogens is 417 g/mol. The highest BCUT2D eigenvalue weighted by molar-refractivity contribution is 5.84. The molecule has 0 saturated carbocycles. The highest BCUT2D eigenvalue weighted by Gasteiger charge is 2.26. The molecule has 3 rings (SSSR count). The van der Waals surface area contributed by atoms with E-state index in [0.717, 1.165) is 0 Å². The van der Waals surface area contributed by atoms with E-state index in [1.807, 2.05) is 0 Å². The van der Waals surface area contributed by atoms with E-state index in [0.29, 0.717) is 22.6 Å². The van der Waals surface area contributed by atoms with Crippen molar-refractivity contribution < 1.29 is 18.8 Å². The molecule has 166 valence electrons. The van der Waals surface area contributed by atoms with Crippen LogP contribution in [0.4, 0.5) is 10.1 Å². The molecule has 2 aromatic carbocycles. The van der Waals surface area contributed by atoms with Crippen molar-refractivity contribution in [3.8, 4) is 5.75 Å². The van der Waals surface area contributed by atoms with Gasteiger partial charge in [-0.15, -0.1) is 0 Å².